The van der Waals surface area contributed by atoms with Crippen molar-refractivity contribution in [2.75, 3.05) is 6.26 Å². The lowest BCUT2D eigenvalue weighted by atomic mass is 10.0. The highest BCUT2D eigenvalue weighted by atomic mass is 32.2. The second-order valence-corrected chi connectivity index (χ2v) is 8.74. The van der Waals surface area contributed by atoms with Gasteiger partial charge in [0.15, 0.2) is 9.84 Å². The standard InChI is InChI=1S/C17H28N2O5S/c1-11(2)4-9-15(20)19-17(22)16(21)14(18)10-12-5-7-13(8-6-12)25(3,23)24/h5-8,11,14-16,20-21H,4,9-10,18H2,1-3H3,(H,19,22)/t14-,15?,16+/m1/s1. The van der Waals surface area contributed by atoms with Gasteiger partial charge in [-0.3, -0.25) is 4.79 Å². The third-order valence-electron chi connectivity index (χ3n) is 3.82. The van der Waals surface area contributed by atoms with Crippen molar-refractivity contribution in [1.29, 1.82) is 0 Å². The first-order valence-electron chi connectivity index (χ1n) is 8.21. The van der Waals surface area contributed by atoms with Crippen molar-refractivity contribution >= 4 is 15.7 Å². The molecule has 7 nitrogen and oxygen atoms in total. The maximum atomic E-state index is 11.9. The Labute approximate surface area is 149 Å². The van der Waals surface area contributed by atoms with E-state index < -0.39 is 34.1 Å². The van der Waals surface area contributed by atoms with Gasteiger partial charge in [-0.25, -0.2) is 8.42 Å². The number of nitrogens with one attached hydrogen (secondary N) is 1. The Bertz CT molecular complexity index is 658. The second-order valence-electron chi connectivity index (χ2n) is 6.72. The summed E-state index contributed by atoms with van der Waals surface area (Å²) in [6.07, 6.45) is -0.0315. The zero-order valence-corrected chi connectivity index (χ0v) is 15.7. The summed E-state index contributed by atoms with van der Waals surface area (Å²) >= 11 is 0. The normalized spacial score (nSPS) is 15.6. The first kappa shape index (κ1) is 21.6. The summed E-state index contributed by atoms with van der Waals surface area (Å²) < 4.78 is 22.8. The van der Waals surface area contributed by atoms with Crippen molar-refractivity contribution in [3.05, 3.63) is 29.8 Å². The van der Waals surface area contributed by atoms with E-state index in [1.807, 2.05) is 13.8 Å². The number of aliphatic hydroxyl groups excluding tert-OH is 2. The molecule has 0 aromatic heterocycles. The van der Waals surface area contributed by atoms with Crippen LogP contribution in [0.15, 0.2) is 29.2 Å². The van der Waals surface area contributed by atoms with Crippen LogP contribution in [0.3, 0.4) is 0 Å². The van der Waals surface area contributed by atoms with Crippen LogP contribution in [0.1, 0.15) is 32.3 Å². The molecule has 1 amide bonds. The van der Waals surface area contributed by atoms with Crippen molar-refractivity contribution in [2.24, 2.45) is 11.7 Å². The number of carbonyl (C=O) groups is 1. The number of carbonyl (C=O) groups excluding carboxylic acids is 1. The Morgan fingerprint density at radius 1 is 1.16 bits per heavy atom. The molecule has 5 N–H and O–H groups in total. The molecule has 0 radical (unpaired) electrons. The van der Waals surface area contributed by atoms with Crippen LogP contribution < -0.4 is 11.1 Å². The predicted octanol–water partition coefficient (Wildman–Crippen LogP) is 0.192. The highest BCUT2D eigenvalue weighted by Crippen LogP contribution is 2.12. The van der Waals surface area contributed by atoms with Gasteiger partial charge in [-0.1, -0.05) is 26.0 Å². The molecule has 3 atom stereocenters. The van der Waals surface area contributed by atoms with Gasteiger partial charge < -0.3 is 21.3 Å². The van der Waals surface area contributed by atoms with E-state index in [4.69, 9.17) is 5.73 Å². The average molecular weight is 372 g/mol. The highest BCUT2D eigenvalue weighted by molar-refractivity contribution is 7.90. The molecule has 0 bridgehead atoms. The fraction of sp³-hybridized carbons (Fsp3) is 0.588. The third-order valence-corrected chi connectivity index (χ3v) is 4.95. The molecule has 1 unspecified atom stereocenters. The number of benzene rings is 1. The lowest BCUT2D eigenvalue weighted by Crippen LogP contribution is -2.50. The van der Waals surface area contributed by atoms with Crippen molar-refractivity contribution in [3.63, 3.8) is 0 Å². The van der Waals surface area contributed by atoms with E-state index in [2.05, 4.69) is 5.32 Å². The summed E-state index contributed by atoms with van der Waals surface area (Å²) in [7, 11) is -3.28. The van der Waals surface area contributed by atoms with Crippen LogP contribution in [-0.2, 0) is 21.1 Å². The van der Waals surface area contributed by atoms with Crippen LogP contribution in [-0.4, -0.2) is 49.2 Å². The molecule has 25 heavy (non-hydrogen) atoms. The van der Waals surface area contributed by atoms with Crippen LogP contribution in [0, 0.1) is 5.92 Å². The molecule has 1 aromatic carbocycles. The van der Waals surface area contributed by atoms with Crippen molar-refractivity contribution < 1.29 is 23.4 Å². The Morgan fingerprint density at radius 3 is 2.20 bits per heavy atom. The SMILES string of the molecule is CC(C)CCC(O)NC(=O)[C@@H](O)[C@H](N)Cc1ccc(S(C)(=O)=O)cc1. The Balaban J connectivity index is 2.58. The fourth-order valence-electron chi connectivity index (χ4n) is 2.26. The summed E-state index contributed by atoms with van der Waals surface area (Å²) in [6, 6.07) is 5.23. The number of amides is 1. The fourth-order valence-corrected chi connectivity index (χ4v) is 2.89. The van der Waals surface area contributed by atoms with Crippen molar-refractivity contribution in [2.45, 2.75) is 56.4 Å². The van der Waals surface area contributed by atoms with E-state index in [-0.39, 0.29) is 11.3 Å². The Hall–Kier alpha value is -1.48. The quantitative estimate of drug-likeness (QED) is 0.458. The predicted molar refractivity (Wildman–Crippen MR) is 95.5 cm³/mol. The first-order valence-corrected chi connectivity index (χ1v) is 10.1. The molecule has 0 saturated heterocycles. The smallest absolute Gasteiger partial charge is 0.252 e. The molecule has 0 heterocycles. The zero-order valence-electron chi connectivity index (χ0n) is 14.8. The summed E-state index contributed by atoms with van der Waals surface area (Å²) in [5, 5.41) is 22.1. The molecule has 1 aromatic rings. The molecule has 0 spiro atoms. The number of sulfone groups is 1. The molecule has 1 rings (SSSR count). The minimum Gasteiger partial charge on any atom is -0.382 e. The van der Waals surface area contributed by atoms with E-state index >= 15 is 0 Å². The monoisotopic (exact) mass is 372 g/mol. The van der Waals surface area contributed by atoms with E-state index in [0.717, 1.165) is 12.7 Å². The van der Waals surface area contributed by atoms with Gasteiger partial charge in [-0.05, 0) is 42.9 Å². The number of nitrogens with two attached hydrogens (primary N) is 1. The van der Waals surface area contributed by atoms with Crippen LogP contribution in [0.4, 0.5) is 0 Å². The number of hydrogen-bond donors (Lipinski definition) is 4. The van der Waals surface area contributed by atoms with Crippen molar-refractivity contribution in [3.8, 4) is 0 Å². The van der Waals surface area contributed by atoms with Crippen molar-refractivity contribution in [1.82, 2.24) is 5.32 Å². The highest BCUT2D eigenvalue weighted by Gasteiger charge is 2.24. The largest absolute Gasteiger partial charge is 0.382 e. The maximum Gasteiger partial charge on any atom is 0.252 e. The van der Waals surface area contributed by atoms with Crippen LogP contribution in [0.25, 0.3) is 0 Å². The van der Waals surface area contributed by atoms with E-state index in [0.29, 0.717) is 17.9 Å². The lowest BCUT2D eigenvalue weighted by molar-refractivity contribution is -0.133. The molecule has 0 saturated carbocycles. The van der Waals surface area contributed by atoms with Gasteiger partial charge in [0.25, 0.3) is 5.91 Å². The molecule has 0 aliphatic carbocycles. The van der Waals surface area contributed by atoms with Crippen LogP contribution in [0.5, 0.6) is 0 Å². The first-order chi connectivity index (χ1) is 11.5. The summed E-state index contributed by atoms with van der Waals surface area (Å²) in [6.45, 7) is 4.02. The minimum atomic E-state index is -3.28. The van der Waals surface area contributed by atoms with Gasteiger partial charge in [0.2, 0.25) is 0 Å². The van der Waals surface area contributed by atoms with E-state index in [1.165, 1.54) is 12.1 Å². The molecule has 0 aliphatic rings. The second kappa shape index (κ2) is 9.28. The van der Waals surface area contributed by atoms with Gasteiger partial charge in [0.1, 0.15) is 12.3 Å². The van der Waals surface area contributed by atoms with Gasteiger partial charge >= 0.3 is 0 Å². The van der Waals surface area contributed by atoms with Gasteiger partial charge in [0.05, 0.1) is 4.90 Å². The van der Waals surface area contributed by atoms with Crippen LogP contribution >= 0.6 is 0 Å². The minimum absolute atomic E-state index is 0.191. The number of hydrogen-bond acceptors (Lipinski definition) is 6. The van der Waals surface area contributed by atoms with Gasteiger partial charge in [-0.15, -0.1) is 0 Å². The molecule has 142 valence electrons. The molecular weight excluding hydrogens is 344 g/mol. The molecular formula is C17H28N2O5S. The van der Waals surface area contributed by atoms with E-state index in [1.54, 1.807) is 12.1 Å². The van der Waals surface area contributed by atoms with Gasteiger partial charge in [-0.2, -0.15) is 0 Å². The zero-order chi connectivity index (χ0) is 19.2. The van der Waals surface area contributed by atoms with E-state index in [9.17, 15) is 23.4 Å². The maximum absolute atomic E-state index is 11.9. The Morgan fingerprint density at radius 2 is 1.72 bits per heavy atom. The van der Waals surface area contributed by atoms with Crippen LogP contribution in [0.2, 0.25) is 0 Å². The third kappa shape index (κ3) is 7.52. The summed E-state index contributed by atoms with van der Waals surface area (Å²) in [5.41, 5.74) is 6.56. The lowest BCUT2D eigenvalue weighted by Gasteiger charge is -2.21. The topological polar surface area (TPSA) is 130 Å². The average Bonchev–Trinajstić information content (AvgIpc) is 2.51. The summed E-state index contributed by atoms with van der Waals surface area (Å²) in [4.78, 5) is 12.1. The van der Waals surface area contributed by atoms with Gasteiger partial charge in [0, 0.05) is 12.3 Å². The number of aliphatic hydroxyl groups is 2. The Kier molecular flexibility index (Phi) is 8.01. The molecule has 0 aliphatic heterocycles. The number of rotatable bonds is 9. The molecule has 8 heteroatoms. The molecule has 0 fully saturated rings. The summed E-state index contributed by atoms with van der Waals surface area (Å²) in [5.74, 6) is -0.329.